The first kappa shape index (κ1) is 82.4. The molecule has 3 amide bonds. The molecule has 3 aliphatic heterocycles. The van der Waals surface area contributed by atoms with Gasteiger partial charge in [0.1, 0.15) is 34.7 Å². The highest BCUT2D eigenvalue weighted by Crippen LogP contribution is 2.41. The number of aryl methyl sites for hydroxylation is 3. The molecule has 6 aromatic heterocycles. The van der Waals surface area contributed by atoms with Crippen molar-refractivity contribution >= 4 is 34.3 Å². The zero-order valence-corrected chi connectivity index (χ0v) is 63.2. The van der Waals surface area contributed by atoms with Crippen LogP contribution >= 0.6 is 0 Å². The van der Waals surface area contributed by atoms with Crippen molar-refractivity contribution in [2.75, 3.05) is 74.2 Å². The van der Waals surface area contributed by atoms with E-state index < -0.39 is 17.5 Å². The first-order chi connectivity index (χ1) is 53.9. The van der Waals surface area contributed by atoms with Gasteiger partial charge in [0.15, 0.2) is 34.5 Å². The summed E-state index contributed by atoms with van der Waals surface area (Å²) in [5.41, 5.74) is 10.5. The maximum absolute atomic E-state index is 14.6. The number of hydrogen-bond donors (Lipinski definition) is 0. The Kier molecular flexibility index (Phi) is 26.2. The van der Waals surface area contributed by atoms with Crippen LogP contribution in [0.25, 0.3) is 50.3 Å². The molecule has 25 heteroatoms. The van der Waals surface area contributed by atoms with Crippen LogP contribution in [0.3, 0.4) is 0 Å². The van der Waals surface area contributed by atoms with E-state index in [4.69, 9.17) is 43.4 Å². The molecule has 12 aromatic rings. The number of nitrogens with zero attached hydrogens (tertiary/aromatic N) is 13. The Morgan fingerprint density at radius 3 is 1.15 bits per heavy atom. The monoisotopic (exact) mass is 1550 g/mol. The molecule has 3 atom stereocenters. The third kappa shape index (κ3) is 17.5. The van der Waals surface area contributed by atoms with Gasteiger partial charge < -0.3 is 43.1 Å². The van der Waals surface area contributed by atoms with Crippen LogP contribution in [0.4, 0.5) is 13.2 Å². The number of likely N-dealkylation sites (N-methyl/N-ethyl adjacent to an activating group) is 1. The number of likely N-dealkylation sites (tertiary alicyclic amines) is 3. The molecule has 22 nitrogen and oxygen atoms in total. The second-order valence-electron chi connectivity index (χ2n) is 27.8. The lowest BCUT2D eigenvalue weighted by atomic mass is 10.1. The van der Waals surface area contributed by atoms with Crippen molar-refractivity contribution in [3.63, 3.8) is 0 Å². The summed E-state index contributed by atoms with van der Waals surface area (Å²) in [6.45, 7) is 13.9. The van der Waals surface area contributed by atoms with Crippen molar-refractivity contribution in [3.05, 3.63) is 229 Å². The minimum atomic E-state index is -0.551. The number of imidazole rings is 3. The van der Waals surface area contributed by atoms with Crippen LogP contribution in [-0.2, 0) is 14.4 Å². The minimum absolute atomic E-state index is 0. The predicted octanol–water partition coefficient (Wildman–Crippen LogP) is 17.5. The Morgan fingerprint density at radius 1 is 0.482 bits per heavy atom. The highest BCUT2D eigenvalue weighted by atomic mass is 19.1. The molecule has 4 aliphatic rings. The topological polar surface area (TPSA) is 210 Å². The Morgan fingerprint density at radius 2 is 0.816 bits per heavy atom. The number of hydrogen-bond acceptors (Lipinski definition) is 16. The van der Waals surface area contributed by atoms with Crippen molar-refractivity contribution in [3.8, 4) is 97.4 Å². The van der Waals surface area contributed by atoms with Crippen LogP contribution in [0.15, 0.2) is 177 Å². The quantitative estimate of drug-likeness (QED) is 0.0544. The van der Waals surface area contributed by atoms with E-state index in [0.29, 0.717) is 56.0 Å². The van der Waals surface area contributed by atoms with Crippen molar-refractivity contribution in [2.45, 2.75) is 113 Å². The molecule has 0 radical (unpaired) electrons. The average molecular weight is 1550 g/mol. The zero-order chi connectivity index (χ0) is 77.6. The number of halogens is 3. The molecule has 592 valence electrons. The maximum atomic E-state index is 14.6. The zero-order valence-electron chi connectivity index (χ0n) is 63.2. The van der Waals surface area contributed by atoms with Crippen LogP contribution < -0.4 is 28.4 Å². The number of methoxy groups -OCH3 is 3. The van der Waals surface area contributed by atoms with Gasteiger partial charge in [-0.05, 0) is 182 Å². The summed E-state index contributed by atoms with van der Waals surface area (Å²) in [6, 6.07) is 37.2. The number of amides is 3. The first-order valence-electron chi connectivity index (χ1n) is 36.8. The molecule has 16 rings (SSSR count). The molecule has 6 aromatic carbocycles. The van der Waals surface area contributed by atoms with E-state index >= 15 is 0 Å². The van der Waals surface area contributed by atoms with Crippen LogP contribution in [-0.4, -0.2) is 161 Å². The number of carbonyl (C=O) groups excluding carboxylic acids is 3. The van der Waals surface area contributed by atoms with E-state index in [-0.39, 0.29) is 92.3 Å². The second-order valence-corrected chi connectivity index (χ2v) is 27.8. The summed E-state index contributed by atoms with van der Waals surface area (Å²) >= 11 is 0. The number of carbonyl (C=O) groups is 3. The van der Waals surface area contributed by atoms with Crippen molar-refractivity contribution in [1.82, 2.24) is 62.7 Å². The molecule has 1 saturated carbocycles. The van der Waals surface area contributed by atoms with Gasteiger partial charge in [-0.3, -0.25) is 47.4 Å². The van der Waals surface area contributed by atoms with Crippen molar-refractivity contribution in [1.29, 1.82) is 0 Å². The van der Waals surface area contributed by atoms with Crippen molar-refractivity contribution in [2.24, 2.45) is 0 Å². The number of rotatable bonds is 19. The Balaban J connectivity index is 0.000000167. The number of ether oxygens (including phenoxy) is 6. The lowest BCUT2D eigenvalue weighted by molar-refractivity contribution is -0.128. The van der Waals surface area contributed by atoms with E-state index in [1.165, 1.54) is 34.2 Å². The fraction of sp³-hybridized carbons (Fsp3) is 0.315. The van der Waals surface area contributed by atoms with Gasteiger partial charge >= 0.3 is 0 Å². The van der Waals surface area contributed by atoms with E-state index in [0.717, 1.165) is 117 Å². The van der Waals surface area contributed by atoms with Crippen LogP contribution in [0.1, 0.15) is 121 Å². The SMILES string of the molecule is C.C.C.CC#CC(=O)N1CC[C@@H](c2nc(-c3ccc(Oc4cccc(OC)c4F)cc3)c3c(C)nccn23)C1.COc1cccc(Oc2ccc(-c3nc([C@@H]4CCN(C(=O)/C=C/CN(C)C5CC5)C4)n4ccnc(C)c34)cc2)c1F.COc1cccc(Oc2ccc(-c3nc([C@@H]4CCN(C(C)=O)C4)n4ccnc(C)c34)cc2)c1F. The summed E-state index contributed by atoms with van der Waals surface area (Å²) in [5.74, 6) is 8.92. The highest BCUT2D eigenvalue weighted by Gasteiger charge is 2.35. The van der Waals surface area contributed by atoms with Gasteiger partial charge in [-0.25, -0.2) is 15.0 Å². The molecule has 3 saturated heterocycles. The molecule has 0 N–H and O–H groups in total. The molecule has 9 heterocycles. The second kappa shape index (κ2) is 36.3. The van der Waals surface area contributed by atoms with Gasteiger partial charge in [0.25, 0.3) is 5.91 Å². The minimum Gasteiger partial charge on any atom is -0.494 e. The smallest absolute Gasteiger partial charge is 0.298 e. The van der Waals surface area contributed by atoms with E-state index in [9.17, 15) is 27.6 Å². The van der Waals surface area contributed by atoms with Gasteiger partial charge in [-0.2, -0.15) is 13.2 Å². The Bertz CT molecular complexity index is 5540. The molecule has 0 spiro atoms. The van der Waals surface area contributed by atoms with E-state index in [1.807, 2.05) is 91.6 Å². The van der Waals surface area contributed by atoms with Gasteiger partial charge in [0, 0.05) is 136 Å². The van der Waals surface area contributed by atoms with Gasteiger partial charge in [-0.1, -0.05) is 52.5 Å². The molecular formula is C89H96F3N13O9. The average Bonchev–Trinajstić information content (AvgIpc) is 1.62. The van der Waals surface area contributed by atoms with Crippen LogP contribution in [0.2, 0.25) is 0 Å². The van der Waals surface area contributed by atoms with Gasteiger partial charge in [-0.15, -0.1) is 0 Å². The lowest BCUT2D eigenvalue weighted by Gasteiger charge is -2.15. The van der Waals surface area contributed by atoms with Gasteiger partial charge in [0.05, 0.1) is 72.0 Å². The Labute approximate surface area is 662 Å². The summed E-state index contributed by atoms with van der Waals surface area (Å²) in [7, 11) is 6.36. The summed E-state index contributed by atoms with van der Waals surface area (Å²) in [5, 5.41) is 0. The van der Waals surface area contributed by atoms with Crippen LogP contribution in [0.5, 0.6) is 51.7 Å². The molecular weight excluding hydrogens is 1450 g/mol. The molecule has 1 aliphatic carbocycles. The fourth-order valence-corrected chi connectivity index (χ4v) is 14.6. The van der Waals surface area contributed by atoms with Crippen molar-refractivity contribution < 1.29 is 56.0 Å². The normalized spacial score (nSPS) is 15.6. The number of aromatic nitrogens is 9. The number of benzene rings is 6. The summed E-state index contributed by atoms with van der Waals surface area (Å²) in [6.07, 6.45) is 19.8. The molecule has 4 fully saturated rings. The largest absolute Gasteiger partial charge is 0.494 e. The lowest BCUT2D eigenvalue weighted by Crippen LogP contribution is -2.27. The van der Waals surface area contributed by atoms with E-state index in [1.54, 1.807) is 134 Å². The standard InChI is InChI=1S/C32H34FN5O3.C28H25FN4O3.C26H25FN4O3.3CH4/c1-21-31-30(22-9-13-25(14-10-22)41-27-7-4-6-26(40-3)29(27)33)35-32(38(31)19-16-34-21)23-15-18-37(20-23)28(39)8-5-17-36(2)24-11-12-24;1-4-6-24(34)32-15-13-20(17-32)28-31-26(27-18(2)30-14-16-33(27)28)19-9-11-21(12-10-19)36-23-8-5-7-22(35-3)25(23)29;1-16-25-24(29-26(31(25)14-12-28-16)19-11-13-30(15-19)17(2)32)18-7-9-20(10-8-18)34-22-6-4-5-21(33-3)23(22)27;;;/h4-10,13-14,16,19,23-24H,11-12,15,17-18,20H2,1-3H3;5,7-12,14,16,20H,13,15,17H2,1-3H3;4-10,12,14,19H,11,13,15H2,1-3H3;3*1H4/b8-5+;;;;;/t23-;20-;19-;;;/m111.../s1. The fourth-order valence-electron chi connectivity index (χ4n) is 14.6. The first-order valence-corrected chi connectivity index (χ1v) is 36.8. The summed E-state index contributed by atoms with van der Waals surface area (Å²) in [4.78, 5) is 73.4. The molecule has 0 bridgehead atoms. The maximum Gasteiger partial charge on any atom is 0.298 e. The Hall–Kier alpha value is -12.6. The van der Waals surface area contributed by atoms with Crippen LogP contribution in [0, 0.1) is 50.1 Å². The summed E-state index contributed by atoms with van der Waals surface area (Å²) < 4.78 is 82.2. The highest BCUT2D eigenvalue weighted by molar-refractivity contribution is 5.94. The third-order valence-electron chi connectivity index (χ3n) is 20.6. The third-order valence-corrected chi connectivity index (χ3v) is 20.6. The molecule has 0 unspecified atom stereocenters. The van der Waals surface area contributed by atoms with Gasteiger partial charge in [0.2, 0.25) is 29.3 Å². The van der Waals surface area contributed by atoms with E-state index in [2.05, 4.69) is 51.9 Å². The molecule has 114 heavy (non-hydrogen) atoms. The number of fused-ring (bicyclic) bond motifs is 3. The predicted molar refractivity (Wildman–Crippen MR) is 434 cm³/mol.